The molecule has 1 atom stereocenters. The molecule has 1 N–H and O–H groups in total. The van der Waals surface area contributed by atoms with Crippen molar-refractivity contribution in [2.24, 2.45) is 0 Å². The summed E-state index contributed by atoms with van der Waals surface area (Å²) in [5, 5.41) is 0. The Morgan fingerprint density at radius 2 is 2.00 bits per heavy atom. The van der Waals surface area contributed by atoms with E-state index in [-0.39, 0.29) is 11.5 Å². The smallest absolute Gasteiger partial charge is 0.324 e. The largest absolute Gasteiger partial charge is 0.465 e. The highest BCUT2D eigenvalue weighted by molar-refractivity contribution is 7.89. The zero-order chi connectivity index (χ0) is 16.9. The zero-order valence-electron chi connectivity index (χ0n) is 13.5. The summed E-state index contributed by atoms with van der Waals surface area (Å²) in [6.45, 7) is 3.82. The first-order valence-corrected chi connectivity index (χ1v) is 9.34. The van der Waals surface area contributed by atoms with Crippen LogP contribution in [-0.4, -0.2) is 27.0 Å². The second-order valence-corrected chi connectivity index (χ2v) is 7.41. The number of ether oxygens (including phenoxy) is 1. The number of rotatable bonds is 7. The number of hydrogen-bond acceptors (Lipinski definition) is 4. The Kier molecular flexibility index (Phi) is 5.96. The van der Waals surface area contributed by atoms with E-state index in [0.717, 1.165) is 30.4 Å². The number of aryl methyl sites for hydroxylation is 1. The first kappa shape index (κ1) is 17.7. The summed E-state index contributed by atoms with van der Waals surface area (Å²) < 4.78 is 32.5. The Balaban J connectivity index is 2.17. The second-order valence-electron chi connectivity index (χ2n) is 5.70. The predicted octanol–water partition coefficient (Wildman–Crippen LogP) is 2.71. The molecule has 0 aromatic heterocycles. The fourth-order valence-corrected chi connectivity index (χ4v) is 3.76. The maximum Gasteiger partial charge on any atom is 0.324 e. The molecule has 5 nitrogen and oxygen atoms in total. The van der Waals surface area contributed by atoms with Crippen molar-refractivity contribution in [3.05, 3.63) is 41.5 Å². The SMILES string of the molecule is CCOC(=O)[C@H](CC1=CCCC1)NS(=O)(=O)c1ccc(C)cc1. The van der Waals surface area contributed by atoms with Crippen LogP contribution < -0.4 is 4.72 Å². The van der Waals surface area contributed by atoms with Gasteiger partial charge in [-0.25, -0.2) is 8.42 Å². The molecule has 0 radical (unpaired) electrons. The summed E-state index contributed by atoms with van der Waals surface area (Å²) in [6.07, 6.45) is 5.38. The third-order valence-corrected chi connectivity index (χ3v) is 5.29. The lowest BCUT2D eigenvalue weighted by Gasteiger charge is -2.18. The highest BCUT2D eigenvalue weighted by Crippen LogP contribution is 2.23. The number of allylic oxidation sites excluding steroid dienone is 1. The number of hydrogen-bond donors (Lipinski definition) is 1. The van der Waals surface area contributed by atoms with E-state index >= 15 is 0 Å². The molecule has 0 unspecified atom stereocenters. The fourth-order valence-electron chi connectivity index (χ4n) is 2.57. The van der Waals surface area contributed by atoms with Crippen molar-refractivity contribution in [2.45, 2.75) is 50.5 Å². The molecule has 0 bridgehead atoms. The van der Waals surface area contributed by atoms with E-state index in [1.165, 1.54) is 12.1 Å². The molecule has 126 valence electrons. The molecule has 0 heterocycles. The van der Waals surface area contributed by atoms with E-state index in [2.05, 4.69) is 10.8 Å². The lowest BCUT2D eigenvalue weighted by atomic mass is 10.1. The van der Waals surface area contributed by atoms with E-state index in [0.29, 0.717) is 6.42 Å². The number of carbonyl (C=O) groups is 1. The molecule has 1 aliphatic rings. The van der Waals surface area contributed by atoms with E-state index in [4.69, 9.17) is 4.74 Å². The van der Waals surface area contributed by atoms with Crippen LogP contribution in [-0.2, 0) is 19.6 Å². The van der Waals surface area contributed by atoms with Gasteiger partial charge in [-0.2, -0.15) is 4.72 Å². The van der Waals surface area contributed by atoms with Gasteiger partial charge in [-0.05, 0) is 51.7 Å². The van der Waals surface area contributed by atoms with Crippen LogP contribution in [0.15, 0.2) is 40.8 Å². The summed E-state index contributed by atoms with van der Waals surface area (Å²) in [4.78, 5) is 12.3. The Labute approximate surface area is 137 Å². The van der Waals surface area contributed by atoms with E-state index < -0.39 is 22.0 Å². The molecular formula is C17H23NO4S. The molecule has 1 aromatic rings. The minimum atomic E-state index is -3.76. The summed E-state index contributed by atoms with van der Waals surface area (Å²) in [6, 6.07) is 5.65. The molecule has 23 heavy (non-hydrogen) atoms. The van der Waals surface area contributed by atoms with E-state index in [9.17, 15) is 13.2 Å². The molecule has 0 saturated carbocycles. The van der Waals surface area contributed by atoms with Crippen molar-refractivity contribution in [3.63, 3.8) is 0 Å². The molecule has 0 spiro atoms. The van der Waals surface area contributed by atoms with Crippen molar-refractivity contribution in [3.8, 4) is 0 Å². The highest BCUT2D eigenvalue weighted by Gasteiger charge is 2.28. The molecule has 0 aliphatic heterocycles. The van der Waals surface area contributed by atoms with Crippen molar-refractivity contribution >= 4 is 16.0 Å². The van der Waals surface area contributed by atoms with Gasteiger partial charge in [0.2, 0.25) is 10.0 Å². The normalized spacial score (nSPS) is 16.0. The third kappa shape index (κ3) is 4.91. The van der Waals surface area contributed by atoms with Crippen LogP contribution in [0.5, 0.6) is 0 Å². The van der Waals surface area contributed by atoms with Crippen LogP contribution in [0, 0.1) is 6.92 Å². The van der Waals surface area contributed by atoms with Crippen LogP contribution in [0.4, 0.5) is 0 Å². The average Bonchev–Trinajstić information content (AvgIpc) is 3.00. The Morgan fingerprint density at radius 3 is 2.57 bits per heavy atom. The van der Waals surface area contributed by atoms with Gasteiger partial charge < -0.3 is 4.74 Å². The van der Waals surface area contributed by atoms with Gasteiger partial charge in [-0.1, -0.05) is 29.3 Å². The number of nitrogens with one attached hydrogen (secondary N) is 1. The molecule has 0 amide bonds. The Hall–Kier alpha value is -1.66. The Bertz CT molecular complexity index is 677. The van der Waals surface area contributed by atoms with Gasteiger partial charge in [-0.15, -0.1) is 0 Å². The monoisotopic (exact) mass is 337 g/mol. The lowest BCUT2D eigenvalue weighted by molar-refractivity contribution is -0.145. The molecular weight excluding hydrogens is 314 g/mol. The van der Waals surface area contributed by atoms with Crippen molar-refractivity contribution < 1.29 is 17.9 Å². The van der Waals surface area contributed by atoms with Crippen LogP contribution in [0.25, 0.3) is 0 Å². The molecule has 2 rings (SSSR count). The van der Waals surface area contributed by atoms with Crippen molar-refractivity contribution in [1.82, 2.24) is 4.72 Å². The topological polar surface area (TPSA) is 72.5 Å². The maximum atomic E-state index is 12.5. The van der Waals surface area contributed by atoms with E-state index in [1.807, 2.05) is 6.92 Å². The minimum absolute atomic E-state index is 0.151. The van der Waals surface area contributed by atoms with Crippen LogP contribution in [0.3, 0.4) is 0 Å². The average molecular weight is 337 g/mol. The molecule has 1 aromatic carbocycles. The maximum absolute atomic E-state index is 12.5. The van der Waals surface area contributed by atoms with Crippen LogP contribution in [0.1, 0.15) is 38.2 Å². The number of carbonyl (C=O) groups excluding carboxylic acids is 1. The van der Waals surface area contributed by atoms with Gasteiger partial charge in [0.1, 0.15) is 6.04 Å². The zero-order valence-corrected chi connectivity index (χ0v) is 14.4. The number of esters is 1. The summed E-state index contributed by atoms with van der Waals surface area (Å²) in [5.41, 5.74) is 2.08. The van der Waals surface area contributed by atoms with Gasteiger partial charge in [-0.3, -0.25) is 4.79 Å². The summed E-state index contributed by atoms with van der Waals surface area (Å²) >= 11 is 0. The van der Waals surface area contributed by atoms with Gasteiger partial charge in [0.25, 0.3) is 0 Å². The molecule has 0 saturated heterocycles. The molecule has 0 fully saturated rings. The van der Waals surface area contributed by atoms with Crippen LogP contribution in [0.2, 0.25) is 0 Å². The second kappa shape index (κ2) is 7.75. The first-order valence-electron chi connectivity index (χ1n) is 7.86. The summed E-state index contributed by atoms with van der Waals surface area (Å²) in [5.74, 6) is -0.531. The van der Waals surface area contributed by atoms with Gasteiger partial charge >= 0.3 is 5.97 Å². The van der Waals surface area contributed by atoms with Gasteiger partial charge in [0, 0.05) is 0 Å². The number of benzene rings is 1. The molecule has 6 heteroatoms. The third-order valence-electron chi connectivity index (χ3n) is 3.80. The number of sulfonamides is 1. The first-order chi connectivity index (χ1) is 10.9. The summed E-state index contributed by atoms with van der Waals surface area (Å²) in [7, 11) is -3.76. The van der Waals surface area contributed by atoms with Crippen molar-refractivity contribution in [1.29, 1.82) is 0 Å². The standard InChI is InChI=1S/C17H23NO4S/c1-3-22-17(19)16(12-14-6-4-5-7-14)18-23(20,21)15-10-8-13(2)9-11-15/h6,8-11,16,18H,3-5,7,12H2,1-2H3/t16-/m0/s1. The quantitative estimate of drug-likeness (QED) is 0.613. The minimum Gasteiger partial charge on any atom is -0.465 e. The van der Waals surface area contributed by atoms with Crippen LogP contribution >= 0.6 is 0 Å². The molecule has 1 aliphatic carbocycles. The van der Waals surface area contributed by atoms with Gasteiger partial charge in [0.15, 0.2) is 0 Å². The Morgan fingerprint density at radius 1 is 1.30 bits per heavy atom. The predicted molar refractivity (Wildman–Crippen MR) is 88.5 cm³/mol. The highest BCUT2D eigenvalue weighted by atomic mass is 32.2. The fraction of sp³-hybridized carbons (Fsp3) is 0.471. The van der Waals surface area contributed by atoms with E-state index in [1.54, 1.807) is 19.1 Å². The van der Waals surface area contributed by atoms with Gasteiger partial charge in [0.05, 0.1) is 11.5 Å². The lowest BCUT2D eigenvalue weighted by Crippen LogP contribution is -2.42. The van der Waals surface area contributed by atoms with Crippen molar-refractivity contribution in [2.75, 3.05) is 6.61 Å².